The van der Waals surface area contributed by atoms with Crippen LogP contribution in [0.1, 0.15) is 35.7 Å². The van der Waals surface area contributed by atoms with Crippen molar-refractivity contribution in [2.24, 2.45) is 11.7 Å². The van der Waals surface area contributed by atoms with E-state index in [-0.39, 0.29) is 0 Å². The zero-order chi connectivity index (χ0) is 17.0. The fourth-order valence-corrected chi connectivity index (χ4v) is 3.92. The molecule has 2 atom stereocenters. The third-order valence-corrected chi connectivity index (χ3v) is 5.77. The highest BCUT2D eigenvalue weighted by Crippen LogP contribution is 2.22. The normalized spacial score (nSPS) is 22.9. The molecule has 0 aromatic heterocycles. The van der Waals surface area contributed by atoms with Gasteiger partial charge in [0.05, 0.1) is 6.26 Å². The van der Waals surface area contributed by atoms with Gasteiger partial charge >= 0.3 is 0 Å². The van der Waals surface area contributed by atoms with Gasteiger partial charge in [-0.05, 0) is 30.0 Å². The highest BCUT2D eigenvalue weighted by molar-refractivity contribution is 7.88. The molecule has 1 fully saturated rings. The minimum atomic E-state index is -3.11. The molecule has 0 radical (unpaired) electrons. The Morgan fingerprint density at radius 3 is 2.52 bits per heavy atom. The molecule has 2 rings (SSSR count). The average Bonchev–Trinajstić information content (AvgIpc) is 2.52. The lowest BCUT2D eigenvalue weighted by molar-refractivity contribution is 0.1000. The summed E-state index contributed by atoms with van der Waals surface area (Å²) in [4.78, 5) is 11.1. The topological polar surface area (TPSA) is 92.5 Å². The largest absolute Gasteiger partial charge is 0.366 e. The van der Waals surface area contributed by atoms with Gasteiger partial charge in [0.15, 0.2) is 0 Å². The van der Waals surface area contributed by atoms with E-state index < -0.39 is 15.9 Å². The fraction of sp³-hybridized carbons (Fsp3) is 0.562. The zero-order valence-electron chi connectivity index (χ0n) is 13.7. The third kappa shape index (κ3) is 4.76. The zero-order valence-corrected chi connectivity index (χ0v) is 14.5. The van der Waals surface area contributed by atoms with Crippen LogP contribution in [0.15, 0.2) is 24.3 Å². The molecule has 1 aromatic carbocycles. The van der Waals surface area contributed by atoms with Gasteiger partial charge in [0.2, 0.25) is 15.9 Å². The van der Waals surface area contributed by atoms with Crippen molar-refractivity contribution in [1.82, 2.24) is 9.62 Å². The molecule has 0 unspecified atom stereocenters. The van der Waals surface area contributed by atoms with E-state index in [1.54, 1.807) is 16.4 Å². The summed E-state index contributed by atoms with van der Waals surface area (Å²) < 4.78 is 24.9. The number of amides is 1. The number of sulfonamides is 1. The van der Waals surface area contributed by atoms with Crippen molar-refractivity contribution < 1.29 is 13.2 Å². The molecule has 1 saturated heterocycles. The summed E-state index contributed by atoms with van der Waals surface area (Å²) >= 11 is 0. The van der Waals surface area contributed by atoms with Crippen LogP contribution in [-0.2, 0) is 16.6 Å². The van der Waals surface area contributed by atoms with Gasteiger partial charge in [0.1, 0.15) is 0 Å². The van der Waals surface area contributed by atoms with Crippen molar-refractivity contribution >= 4 is 15.9 Å². The molecular formula is C16H25N3O3S. The van der Waals surface area contributed by atoms with Crippen molar-refractivity contribution in [3.05, 3.63) is 35.4 Å². The number of carbonyl (C=O) groups is 1. The first kappa shape index (κ1) is 17.9. The van der Waals surface area contributed by atoms with E-state index in [4.69, 9.17) is 5.73 Å². The molecule has 3 N–H and O–H groups in total. The Kier molecular flexibility index (Phi) is 5.78. The molecule has 1 heterocycles. The Hall–Kier alpha value is -1.44. The van der Waals surface area contributed by atoms with Crippen molar-refractivity contribution in [1.29, 1.82) is 0 Å². The number of hydrogen-bond donors (Lipinski definition) is 2. The van der Waals surface area contributed by atoms with E-state index in [1.807, 2.05) is 12.1 Å². The molecular weight excluding hydrogens is 314 g/mol. The lowest BCUT2D eigenvalue weighted by Gasteiger charge is -2.37. The molecule has 1 aliphatic rings. The van der Waals surface area contributed by atoms with Gasteiger partial charge in [0.25, 0.3) is 0 Å². The van der Waals surface area contributed by atoms with Gasteiger partial charge in [-0.1, -0.05) is 25.5 Å². The SMILES string of the molecule is CC[C@@H]1CN(S(C)(=O)=O)CC[C@H]1NCc1ccc(C(N)=O)cc1. The fourth-order valence-electron chi connectivity index (χ4n) is 3.02. The van der Waals surface area contributed by atoms with E-state index in [0.717, 1.165) is 18.4 Å². The minimum Gasteiger partial charge on any atom is -0.366 e. The molecule has 6 nitrogen and oxygen atoms in total. The highest BCUT2D eigenvalue weighted by Gasteiger charge is 2.31. The second-order valence-electron chi connectivity index (χ2n) is 6.13. The summed E-state index contributed by atoms with van der Waals surface area (Å²) in [5.41, 5.74) is 6.81. The second-order valence-corrected chi connectivity index (χ2v) is 8.11. The van der Waals surface area contributed by atoms with Gasteiger partial charge in [-0.15, -0.1) is 0 Å². The Balaban J connectivity index is 1.93. The Bertz CT molecular complexity index is 643. The Morgan fingerprint density at radius 1 is 1.35 bits per heavy atom. The number of nitrogens with two attached hydrogens (primary N) is 1. The van der Waals surface area contributed by atoms with Crippen LogP contribution in [0.2, 0.25) is 0 Å². The number of piperidine rings is 1. The molecule has 0 spiro atoms. The number of hydrogen-bond acceptors (Lipinski definition) is 4. The molecule has 0 bridgehead atoms. The van der Waals surface area contributed by atoms with Gasteiger partial charge in [-0.3, -0.25) is 4.79 Å². The molecule has 0 saturated carbocycles. The maximum Gasteiger partial charge on any atom is 0.248 e. The van der Waals surface area contributed by atoms with Crippen LogP contribution in [0.5, 0.6) is 0 Å². The Morgan fingerprint density at radius 2 is 2.00 bits per heavy atom. The average molecular weight is 339 g/mol. The number of benzene rings is 1. The smallest absolute Gasteiger partial charge is 0.248 e. The van der Waals surface area contributed by atoms with Crippen molar-refractivity contribution in [3.8, 4) is 0 Å². The Labute approximate surface area is 138 Å². The first-order chi connectivity index (χ1) is 10.8. The predicted octanol–water partition coefficient (Wildman–Crippen LogP) is 0.935. The van der Waals surface area contributed by atoms with Gasteiger partial charge in [0, 0.05) is 31.2 Å². The van der Waals surface area contributed by atoms with Crippen molar-refractivity contribution in [2.45, 2.75) is 32.4 Å². The quantitative estimate of drug-likeness (QED) is 0.806. The summed E-state index contributed by atoms with van der Waals surface area (Å²) in [7, 11) is -3.11. The summed E-state index contributed by atoms with van der Waals surface area (Å²) in [6.07, 6.45) is 3.02. The van der Waals surface area contributed by atoms with Crippen LogP contribution in [0.3, 0.4) is 0 Å². The van der Waals surface area contributed by atoms with E-state index in [2.05, 4.69) is 12.2 Å². The number of nitrogens with one attached hydrogen (secondary N) is 1. The maximum atomic E-state index is 11.7. The lowest BCUT2D eigenvalue weighted by Crippen LogP contribution is -2.50. The molecule has 7 heteroatoms. The highest BCUT2D eigenvalue weighted by atomic mass is 32.2. The van der Waals surface area contributed by atoms with E-state index in [9.17, 15) is 13.2 Å². The van der Waals surface area contributed by atoms with Crippen LogP contribution in [-0.4, -0.2) is 44.0 Å². The summed E-state index contributed by atoms with van der Waals surface area (Å²) in [6, 6.07) is 7.53. The van der Waals surface area contributed by atoms with Crippen LogP contribution < -0.4 is 11.1 Å². The van der Waals surface area contributed by atoms with Crippen molar-refractivity contribution in [3.63, 3.8) is 0 Å². The van der Waals surface area contributed by atoms with Crippen LogP contribution in [0.25, 0.3) is 0 Å². The van der Waals surface area contributed by atoms with Crippen LogP contribution in [0.4, 0.5) is 0 Å². The number of carbonyl (C=O) groups excluding carboxylic acids is 1. The molecule has 1 aromatic rings. The number of primary amides is 1. The first-order valence-corrected chi connectivity index (χ1v) is 9.73. The van der Waals surface area contributed by atoms with Crippen LogP contribution in [0, 0.1) is 5.92 Å². The molecule has 128 valence electrons. The molecule has 0 aliphatic carbocycles. The second kappa shape index (κ2) is 7.42. The van der Waals surface area contributed by atoms with E-state index >= 15 is 0 Å². The predicted molar refractivity (Wildman–Crippen MR) is 90.4 cm³/mol. The standard InChI is InChI=1S/C16H25N3O3S/c1-3-13-11-19(23(2,21)22)9-8-15(13)18-10-12-4-6-14(7-5-12)16(17)20/h4-7,13,15,18H,3,8-11H2,1-2H3,(H2,17,20)/t13-,15-/m1/s1. The van der Waals surface area contributed by atoms with Crippen LogP contribution >= 0.6 is 0 Å². The lowest BCUT2D eigenvalue weighted by atomic mass is 9.91. The summed E-state index contributed by atoms with van der Waals surface area (Å²) in [5.74, 6) is -0.118. The molecule has 1 aliphatic heterocycles. The molecule has 1 amide bonds. The third-order valence-electron chi connectivity index (χ3n) is 4.50. The maximum absolute atomic E-state index is 11.7. The van der Waals surface area contributed by atoms with E-state index in [0.29, 0.717) is 37.2 Å². The van der Waals surface area contributed by atoms with Gasteiger partial charge in [-0.2, -0.15) is 0 Å². The summed E-state index contributed by atoms with van der Waals surface area (Å²) in [5, 5.41) is 3.52. The monoisotopic (exact) mass is 339 g/mol. The van der Waals surface area contributed by atoms with E-state index in [1.165, 1.54) is 6.26 Å². The number of nitrogens with zero attached hydrogens (tertiary/aromatic N) is 1. The van der Waals surface area contributed by atoms with Crippen molar-refractivity contribution in [2.75, 3.05) is 19.3 Å². The minimum absolute atomic E-state index is 0.300. The van der Waals surface area contributed by atoms with Gasteiger partial charge < -0.3 is 11.1 Å². The van der Waals surface area contributed by atoms with Gasteiger partial charge in [-0.25, -0.2) is 12.7 Å². The number of rotatable bonds is 6. The first-order valence-electron chi connectivity index (χ1n) is 7.88. The molecule has 23 heavy (non-hydrogen) atoms. The summed E-state index contributed by atoms with van der Waals surface area (Å²) in [6.45, 7) is 3.92.